The van der Waals surface area contributed by atoms with Gasteiger partial charge < -0.3 is 10.2 Å². The van der Waals surface area contributed by atoms with E-state index in [2.05, 4.69) is 10.2 Å². The maximum absolute atomic E-state index is 13.0. The number of amides is 2. The Labute approximate surface area is 201 Å². The van der Waals surface area contributed by atoms with E-state index in [1.54, 1.807) is 29.4 Å². The zero-order valence-corrected chi connectivity index (χ0v) is 20.4. The van der Waals surface area contributed by atoms with E-state index in [9.17, 15) is 18.0 Å². The summed E-state index contributed by atoms with van der Waals surface area (Å²) in [7, 11) is -3.15. The molecule has 2 saturated heterocycles. The molecular formula is C25H32N4O4S. The normalized spacial score (nSPS) is 17.6. The first-order valence-electron chi connectivity index (χ1n) is 11.9. The third-order valence-corrected chi connectivity index (χ3v) is 8.37. The molecule has 2 aliphatic heterocycles. The van der Waals surface area contributed by atoms with Crippen molar-refractivity contribution in [1.82, 2.24) is 14.1 Å². The fourth-order valence-electron chi connectivity index (χ4n) is 4.48. The summed E-state index contributed by atoms with van der Waals surface area (Å²) in [4.78, 5) is 29.9. The summed E-state index contributed by atoms with van der Waals surface area (Å²) in [6.07, 6.45) is 2.02. The predicted molar refractivity (Wildman–Crippen MR) is 132 cm³/mol. The Bertz CT molecular complexity index is 1140. The Hall–Kier alpha value is -2.75. The monoisotopic (exact) mass is 484 g/mol. The molecule has 0 saturated carbocycles. The van der Waals surface area contributed by atoms with E-state index in [1.165, 1.54) is 0 Å². The summed E-state index contributed by atoms with van der Waals surface area (Å²) in [5.41, 5.74) is 2.53. The average Bonchev–Trinajstić information content (AvgIpc) is 3.40. The molecule has 182 valence electrons. The minimum atomic E-state index is -3.15. The molecule has 2 aromatic rings. The van der Waals surface area contributed by atoms with Gasteiger partial charge in [0, 0.05) is 51.4 Å². The molecule has 2 aromatic carbocycles. The highest BCUT2D eigenvalue weighted by Gasteiger charge is 2.26. The van der Waals surface area contributed by atoms with Gasteiger partial charge in [0.15, 0.2) is 0 Å². The maximum Gasteiger partial charge on any atom is 0.255 e. The van der Waals surface area contributed by atoms with Crippen molar-refractivity contribution in [2.24, 2.45) is 0 Å². The lowest BCUT2D eigenvalue weighted by molar-refractivity contribution is 0.0794. The molecule has 1 N–H and O–H groups in total. The smallest absolute Gasteiger partial charge is 0.255 e. The number of nitrogens with one attached hydrogen (secondary N) is 1. The van der Waals surface area contributed by atoms with E-state index in [0.717, 1.165) is 31.5 Å². The van der Waals surface area contributed by atoms with Crippen molar-refractivity contribution in [1.29, 1.82) is 0 Å². The number of anilines is 1. The number of likely N-dealkylation sites (tertiary alicyclic amines) is 1. The molecule has 2 heterocycles. The van der Waals surface area contributed by atoms with E-state index < -0.39 is 10.0 Å². The SMILES string of the molecule is CCS(=O)(=O)N1CCN(Cc2cccc(C(=O)Nc3ccccc3C(=O)N3CCCC3)c2)CC1. The number of piperazine rings is 1. The number of carbonyl (C=O) groups excluding carboxylic acids is 2. The molecular weight excluding hydrogens is 452 g/mol. The van der Waals surface area contributed by atoms with Crippen LogP contribution in [-0.4, -0.2) is 79.4 Å². The third-order valence-electron chi connectivity index (χ3n) is 6.48. The second kappa shape index (κ2) is 10.7. The van der Waals surface area contributed by atoms with Gasteiger partial charge in [-0.1, -0.05) is 24.3 Å². The summed E-state index contributed by atoms with van der Waals surface area (Å²) in [5.74, 6) is -0.189. The van der Waals surface area contributed by atoms with Crippen LogP contribution in [0.25, 0.3) is 0 Å². The number of para-hydroxylation sites is 1. The van der Waals surface area contributed by atoms with E-state index in [-0.39, 0.29) is 17.6 Å². The fraction of sp³-hybridized carbons (Fsp3) is 0.440. The first-order chi connectivity index (χ1) is 16.4. The van der Waals surface area contributed by atoms with Gasteiger partial charge in [-0.2, -0.15) is 4.31 Å². The molecule has 0 atom stereocenters. The Morgan fingerprint density at radius 3 is 2.32 bits per heavy atom. The van der Waals surface area contributed by atoms with Crippen molar-refractivity contribution >= 4 is 27.5 Å². The number of hydrogen-bond donors (Lipinski definition) is 1. The van der Waals surface area contributed by atoms with Crippen LogP contribution in [0, 0.1) is 0 Å². The molecule has 0 aliphatic carbocycles. The Balaban J connectivity index is 1.40. The molecule has 2 fully saturated rings. The van der Waals surface area contributed by atoms with Crippen LogP contribution in [0.3, 0.4) is 0 Å². The summed E-state index contributed by atoms with van der Waals surface area (Å²) in [6.45, 7) is 6.09. The first-order valence-corrected chi connectivity index (χ1v) is 13.5. The van der Waals surface area contributed by atoms with Gasteiger partial charge >= 0.3 is 0 Å². The number of nitrogens with zero attached hydrogens (tertiary/aromatic N) is 3. The van der Waals surface area contributed by atoms with Crippen molar-refractivity contribution in [3.63, 3.8) is 0 Å². The standard InChI is InChI=1S/C25H32N4O4S/c1-2-34(32,33)29-16-14-27(15-17-29)19-20-8-7-9-21(18-20)24(30)26-23-11-4-3-10-22(23)25(31)28-12-5-6-13-28/h3-4,7-11,18H,2,5-6,12-17,19H2,1H3,(H,26,30). The van der Waals surface area contributed by atoms with Crippen molar-refractivity contribution in [2.75, 3.05) is 50.3 Å². The van der Waals surface area contributed by atoms with Crippen molar-refractivity contribution in [3.8, 4) is 0 Å². The van der Waals surface area contributed by atoms with Crippen LogP contribution in [0.1, 0.15) is 46.0 Å². The first kappa shape index (κ1) is 24.4. The average molecular weight is 485 g/mol. The summed E-state index contributed by atoms with van der Waals surface area (Å²) >= 11 is 0. The molecule has 9 heteroatoms. The van der Waals surface area contributed by atoms with Crippen molar-refractivity contribution in [2.45, 2.75) is 26.3 Å². The largest absolute Gasteiger partial charge is 0.339 e. The highest BCUT2D eigenvalue weighted by atomic mass is 32.2. The Morgan fingerprint density at radius 1 is 0.912 bits per heavy atom. The van der Waals surface area contributed by atoms with Gasteiger partial charge in [-0.25, -0.2) is 8.42 Å². The number of hydrogen-bond acceptors (Lipinski definition) is 5. The molecule has 0 aromatic heterocycles. The van der Waals surface area contributed by atoms with E-state index in [0.29, 0.717) is 49.5 Å². The van der Waals surface area contributed by atoms with Gasteiger partial charge in [-0.15, -0.1) is 0 Å². The van der Waals surface area contributed by atoms with Crippen LogP contribution < -0.4 is 5.32 Å². The maximum atomic E-state index is 13.0. The van der Waals surface area contributed by atoms with E-state index in [4.69, 9.17) is 0 Å². The van der Waals surface area contributed by atoms with Gasteiger partial charge in [-0.05, 0) is 49.6 Å². The number of rotatable bonds is 7. The lowest BCUT2D eigenvalue weighted by Crippen LogP contribution is -2.48. The second-order valence-corrected chi connectivity index (χ2v) is 11.0. The lowest BCUT2D eigenvalue weighted by atomic mass is 10.1. The highest BCUT2D eigenvalue weighted by Crippen LogP contribution is 2.21. The van der Waals surface area contributed by atoms with Crippen LogP contribution in [-0.2, 0) is 16.6 Å². The predicted octanol–water partition coefficient (Wildman–Crippen LogP) is 2.64. The van der Waals surface area contributed by atoms with Crippen LogP contribution in [0.15, 0.2) is 48.5 Å². The number of sulfonamides is 1. The van der Waals surface area contributed by atoms with Crippen LogP contribution in [0.5, 0.6) is 0 Å². The molecule has 2 amide bonds. The highest BCUT2D eigenvalue weighted by molar-refractivity contribution is 7.89. The van der Waals surface area contributed by atoms with Crippen LogP contribution >= 0.6 is 0 Å². The van der Waals surface area contributed by atoms with Crippen molar-refractivity contribution in [3.05, 3.63) is 65.2 Å². The number of carbonyl (C=O) groups is 2. The zero-order valence-electron chi connectivity index (χ0n) is 19.6. The molecule has 34 heavy (non-hydrogen) atoms. The minimum Gasteiger partial charge on any atom is -0.339 e. The van der Waals surface area contributed by atoms with Gasteiger partial charge in [-0.3, -0.25) is 14.5 Å². The second-order valence-electron chi connectivity index (χ2n) is 8.78. The topological polar surface area (TPSA) is 90.0 Å². The van der Waals surface area contributed by atoms with Gasteiger partial charge in [0.05, 0.1) is 17.0 Å². The molecule has 4 rings (SSSR count). The summed E-state index contributed by atoms with van der Waals surface area (Å²) in [5, 5.41) is 2.92. The van der Waals surface area contributed by atoms with Gasteiger partial charge in [0.2, 0.25) is 10.0 Å². The summed E-state index contributed by atoms with van der Waals surface area (Å²) in [6, 6.07) is 14.6. The van der Waals surface area contributed by atoms with Gasteiger partial charge in [0.25, 0.3) is 11.8 Å². The molecule has 0 bridgehead atoms. The van der Waals surface area contributed by atoms with Crippen LogP contribution in [0.4, 0.5) is 5.69 Å². The minimum absolute atomic E-state index is 0.0496. The molecule has 0 spiro atoms. The molecule has 2 aliphatic rings. The molecule has 8 nitrogen and oxygen atoms in total. The molecule has 0 radical (unpaired) electrons. The van der Waals surface area contributed by atoms with E-state index in [1.807, 2.05) is 35.2 Å². The van der Waals surface area contributed by atoms with E-state index >= 15 is 0 Å². The lowest BCUT2D eigenvalue weighted by Gasteiger charge is -2.33. The number of benzene rings is 2. The summed E-state index contributed by atoms with van der Waals surface area (Å²) < 4.78 is 25.7. The van der Waals surface area contributed by atoms with Gasteiger partial charge in [0.1, 0.15) is 0 Å². The quantitative estimate of drug-likeness (QED) is 0.653. The third kappa shape index (κ3) is 5.65. The molecule has 0 unspecified atom stereocenters. The van der Waals surface area contributed by atoms with Crippen molar-refractivity contribution < 1.29 is 18.0 Å². The fourth-order valence-corrected chi connectivity index (χ4v) is 5.57. The van der Waals surface area contributed by atoms with Crippen LogP contribution in [0.2, 0.25) is 0 Å². The Morgan fingerprint density at radius 2 is 1.62 bits per heavy atom. The Kier molecular flexibility index (Phi) is 7.65. The zero-order chi connectivity index (χ0) is 24.1.